The topological polar surface area (TPSA) is 94.6 Å². The lowest BCUT2D eigenvalue weighted by molar-refractivity contribution is -0.119. The summed E-state index contributed by atoms with van der Waals surface area (Å²) in [5.74, 6) is 1.36. The van der Waals surface area contributed by atoms with Crippen LogP contribution in [0.25, 0.3) is 0 Å². The SMILES string of the molecule is COc1ccc([C@@H]2C(C#N)=C(N)OC3=C2C(=O)CC(C)(C)C3)cc1COc1cccc(Br)c1. The second kappa shape index (κ2) is 8.95. The van der Waals surface area contributed by atoms with E-state index < -0.39 is 5.92 Å². The van der Waals surface area contributed by atoms with Crippen molar-refractivity contribution in [1.29, 1.82) is 5.26 Å². The Kier molecular flexibility index (Phi) is 6.22. The van der Waals surface area contributed by atoms with Gasteiger partial charge in [0.25, 0.3) is 0 Å². The molecule has 0 spiro atoms. The molecule has 2 N–H and O–H groups in total. The minimum absolute atomic E-state index is 0.0192. The minimum atomic E-state index is -0.585. The largest absolute Gasteiger partial charge is 0.496 e. The molecular weight excluding hydrogens is 484 g/mol. The molecule has 2 aromatic carbocycles. The van der Waals surface area contributed by atoms with Crippen molar-refractivity contribution in [1.82, 2.24) is 0 Å². The number of benzene rings is 2. The summed E-state index contributed by atoms with van der Waals surface area (Å²) in [6.07, 6.45) is 0.971. The van der Waals surface area contributed by atoms with E-state index in [2.05, 4.69) is 22.0 Å². The zero-order valence-electron chi connectivity index (χ0n) is 18.8. The minimum Gasteiger partial charge on any atom is -0.496 e. The van der Waals surface area contributed by atoms with Crippen molar-refractivity contribution in [2.75, 3.05) is 7.11 Å². The van der Waals surface area contributed by atoms with Crippen LogP contribution in [0.3, 0.4) is 0 Å². The van der Waals surface area contributed by atoms with Gasteiger partial charge in [-0.2, -0.15) is 5.26 Å². The number of carbonyl (C=O) groups excluding carboxylic acids is 1. The van der Waals surface area contributed by atoms with Crippen LogP contribution in [0.15, 0.2) is 69.7 Å². The van der Waals surface area contributed by atoms with E-state index in [1.54, 1.807) is 7.11 Å². The number of hydrogen-bond acceptors (Lipinski definition) is 6. The smallest absolute Gasteiger partial charge is 0.205 e. The lowest BCUT2D eigenvalue weighted by atomic mass is 9.70. The van der Waals surface area contributed by atoms with Crippen molar-refractivity contribution in [2.24, 2.45) is 11.1 Å². The fraction of sp³-hybridized carbons (Fsp3) is 0.308. The van der Waals surface area contributed by atoms with Gasteiger partial charge in [-0.05, 0) is 41.3 Å². The van der Waals surface area contributed by atoms with Crippen LogP contribution in [-0.4, -0.2) is 12.9 Å². The number of nitrogens with two attached hydrogens (primary N) is 1. The van der Waals surface area contributed by atoms with Crippen molar-refractivity contribution in [3.05, 3.63) is 80.9 Å². The van der Waals surface area contributed by atoms with Crippen LogP contribution in [0.5, 0.6) is 11.5 Å². The molecule has 4 rings (SSSR count). The molecule has 0 saturated heterocycles. The fourth-order valence-corrected chi connectivity index (χ4v) is 4.81. The maximum Gasteiger partial charge on any atom is 0.205 e. The Morgan fingerprint density at radius 1 is 1.24 bits per heavy atom. The zero-order chi connectivity index (χ0) is 23.8. The molecule has 0 fully saturated rings. The Balaban J connectivity index is 1.75. The fourth-order valence-electron chi connectivity index (χ4n) is 4.43. The van der Waals surface area contributed by atoms with Crippen LogP contribution < -0.4 is 15.2 Å². The summed E-state index contributed by atoms with van der Waals surface area (Å²) in [6.45, 7) is 4.31. The molecule has 33 heavy (non-hydrogen) atoms. The van der Waals surface area contributed by atoms with E-state index in [-0.39, 0.29) is 29.3 Å². The third-order valence-corrected chi connectivity index (χ3v) is 6.40. The lowest BCUT2D eigenvalue weighted by Gasteiger charge is -2.37. The monoisotopic (exact) mass is 508 g/mol. The quantitative estimate of drug-likeness (QED) is 0.573. The molecule has 170 valence electrons. The van der Waals surface area contributed by atoms with Crippen LogP contribution in [0, 0.1) is 16.7 Å². The van der Waals surface area contributed by atoms with Gasteiger partial charge in [0.2, 0.25) is 5.88 Å². The second-order valence-electron chi connectivity index (χ2n) is 9.02. The van der Waals surface area contributed by atoms with Crippen LogP contribution >= 0.6 is 15.9 Å². The Hall–Kier alpha value is -3.24. The molecule has 0 saturated carbocycles. The predicted octanol–water partition coefficient (Wildman–Crippen LogP) is 5.49. The normalized spacial score (nSPS) is 19.5. The van der Waals surface area contributed by atoms with Gasteiger partial charge in [0, 0.05) is 28.5 Å². The molecule has 0 bridgehead atoms. The molecule has 1 aliphatic carbocycles. The molecule has 0 radical (unpaired) electrons. The number of ether oxygens (including phenoxy) is 3. The number of rotatable bonds is 5. The van der Waals surface area contributed by atoms with Gasteiger partial charge in [0.15, 0.2) is 5.78 Å². The molecular formula is C26H25BrN2O4. The third-order valence-electron chi connectivity index (χ3n) is 5.90. The Morgan fingerprint density at radius 2 is 2.03 bits per heavy atom. The molecule has 7 heteroatoms. The first-order chi connectivity index (χ1) is 15.7. The first kappa shape index (κ1) is 22.9. The van der Waals surface area contributed by atoms with Crippen LogP contribution in [0.1, 0.15) is 43.7 Å². The molecule has 1 heterocycles. The highest BCUT2D eigenvalue weighted by Gasteiger charge is 2.43. The third kappa shape index (κ3) is 4.62. The summed E-state index contributed by atoms with van der Waals surface area (Å²) in [4.78, 5) is 13.2. The summed E-state index contributed by atoms with van der Waals surface area (Å²) < 4.78 is 18.2. The van der Waals surface area contributed by atoms with Gasteiger partial charge in [0.05, 0.1) is 13.0 Å². The van der Waals surface area contributed by atoms with E-state index in [9.17, 15) is 10.1 Å². The number of Topliss-reactive ketones (excluding diaryl/α,β-unsaturated/α-hetero) is 1. The average Bonchev–Trinajstić information content (AvgIpc) is 2.75. The van der Waals surface area contributed by atoms with Gasteiger partial charge in [-0.3, -0.25) is 4.79 Å². The Morgan fingerprint density at radius 3 is 2.73 bits per heavy atom. The van der Waals surface area contributed by atoms with Crippen LogP contribution in [0.2, 0.25) is 0 Å². The zero-order valence-corrected chi connectivity index (χ0v) is 20.4. The van der Waals surface area contributed by atoms with Crippen molar-refractivity contribution < 1.29 is 19.0 Å². The standard InChI is InChI=1S/C26H25BrN2O4/c1-26(2)11-20(30)24-22(12-26)33-25(29)19(13-28)23(24)15-7-8-21(31-3)16(9-15)14-32-18-6-4-5-17(27)10-18/h4-10,23H,11-12,14,29H2,1-3H3/t23-/m1/s1. The van der Waals surface area contributed by atoms with E-state index in [1.807, 2.05) is 56.3 Å². The van der Waals surface area contributed by atoms with Gasteiger partial charge in [-0.15, -0.1) is 0 Å². The molecule has 0 aromatic heterocycles. The van der Waals surface area contributed by atoms with E-state index in [4.69, 9.17) is 19.9 Å². The van der Waals surface area contributed by atoms with Crippen molar-refractivity contribution in [2.45, 2.75) is 39.2 Å². The van der Waals surface area contributed by atoms with Crippen LogP contribution in [0.4, 0.5) is 0 Å². The van der Waals surface area contributed by atoms with E-state index in [1.165, 1.54) is 0 Å². The summed E-state index contributed by atoms with van der Waals surface area (Å²) in [7, 11) is 1.60. The molecule has 6 nitrogen and oxygen atoms in total. The predicted molar refractivity (Wildman–Crippen MR) is 127 cm³/mol. The summed E-state index contributed by atoms with van der Waals surface area (Å²) in [5.41, 5.74) is 8.23. The summed E-state index contributed by atoms with van der Waals surface area (Å²) >= 11 is 3.45. The number of nitrogens with zero attached hydrogens (tertiary/aromatic N) is 1. The molecule has 0 unspecified atom stereocenters. The Labute approximate surface area is 201 Å². The highest BCUT2D eigenvalue weighted by atomic mass is 79.9. The molecule has 1 atom stereocenters. The molecule has 2 aromatic rings. The second-order valence-corrected chi connectivity index (χ2v) is 9.94. The number of halogens is 1. The van der Waals surface area contributed by atoms with E-state index in [0.29, 0.717) is 35.7 Å². The van der Waals surface area contributed by atoms with Gasteiger partial charge in [-0.25, -0.2) is 0 Å². The number of allylic oxidation sites excluding steroid dienone is 3. The first-order valence-electron chi connectivity index (χ1n) is 10.6. The first-order valence-corrected chi connectivity index (χ1v) is 11.4. The number of hydrogen-bond donors (Lipinski definition) is 1. The average molecular weight is 509 g/mol. The molecule has 0 amide bonds. The summed E-state index contributed by atoms with van der Waals surface area (Å²) in [6, 6.07) is 15.3. The van der Waals surface area contributed by atoms with E-state index in [0.717, 1.165) is 15.6 Å². The Bertz CT molecular complexity index is 1220. The molecule has 1 aliphatic heterocycles. The summed E-state index contributed by atoms with van der Waals surface area (Å²) in [5, 5.41) is 9.86. The number of nitriles is 1. The maximum atomic E-state index is 13.2. The van der Waals surface area contributed by atoms with Gasteiger partial charge >= 0.3 is 0 Å². The van der Waals surface area contributed by atoms with Crippen molar-refractivity contribution in [3.8, 4) is 17.6 Å². The maximum absolute atomic E-state index is 13.2. The number of carbonyl (C=O) groups is 1. The van der Waals surface area contributed by atoms with Gasteiger partial charge in [0.1, 0.15) is 35.5 Å². The van der Waals surface area contributed by atoms with Gasteiger partial charge < -0.3 is 19.9 Å². The number of methoxy groups -OCH3 is 1. The van der Waals surface area contributed by atoms with E-state index >= 15 is 0 Å². The van der Waals surface area contributed by atoms with Crippen molar-refractivity contribution in [3.63, 3.8) is 0 Å². The van der Waals surface area contributed by atoms with Crippen LogP contribution in [-0.2, 0) is 16.1 Å². The molecule has 2 aliphatic rings. The van der Waals surface area contributed by atoms with Gasteiger partial charge in [-0.1, -0.05) is 41.9 Å². The highest BCUT2D eigenvalue weighted by Crippen LogP contribution is 2.48. The lowest BCUT2D eigenvalue weighted by Crippen LogP contribution is -2.33. The highest BCUT2D eigenvalue weighted by molar-refractivity contribution is 9.10. The van der Waals surface area contributed by atoms with Crippen molar-refractivity contribution >= 4 is 21.7 Å². The number of ketones is 1.